The molecule has 25 heavy (non-hydrogen) atoms. The van der Waals surface area contributed by atoms with Gasteiger partial charge >= 0.3 is 0 Å². The number of pyridine rings is 1. The Morgan fingerprint density at radius 1 is 1.20 bits per heavy atom. The Morgan fingerprint density at radius 3 is 2.80 bits per heavy atom. The van der Waals surface area contributed by atoms with Gasteiger partial charge in [-0.25, -0.2) is 10.1 Å². The smallest absolute Gasteiger partial charge is 0.225 e. The largest absolute Gasteiger partial charge is 0.477 e. The first kappa shape index (κ1) is 15.7. The lowest BCUT2D eigenvalue weighted by Gasteiger charge is -2.18. The van der Waals surface area contributed by atoms with Crippen molar-refractivity contribution >= 4 is 0 Å². The quantitative estimate of drug-likeness (QED) is 0.733. The number of nitrogens with one attached hydrogen (secondary N) is 1. The monoisotopic (exact) mass is 339 g/mol. The Morgan fingerprint density at radius 2 is 2.08 bits per heavy atom. The van der Waals surface area contributed by atoms with Gasteiger partial charge in [0, 0.05) is 30.1 Å². The number of aromatic nitrogens is 7. The maximum Gasteiger partial charge on any atom is 0.225 e. The molecule has 0 amide bonds. The van der Waals surface area contributed by atoms with Crippen molar-refractivity contribution in [3.63, 3.8) is 0 Å². The summed E-state index contributed by atoms with van der Waals surface area (Å²) in [5.41, 5.74) is 5.33. The van der Waals surface area contributed by atoms with Gasteiger partial charge in [-0.2, -0.15) is 5.10 Å². The zero-order valence-electron chi connectivity index (χ0n) is 14.5. The van der Waals surface area contributed by atoms with Crippen molar-refractivity contribution in [2.45, 2.75) is 39.0 Å². The van der Waals surface area contributed by atoms with E-state index in [0.29, 0.717) is 18.3 Å². The van der Waals surface area contributed by atoms with Gasteiger partial charge in [0.2, 0.25) is 5.88 Å². The van der Waals surface area contributed by atoms with Crippen LogP contribution in [0.4, 0.5) is 0 Å². The highest BCUT2D eigenvalue weighted by molar-refractivity contribution is 5.86. The van der Waals surface area contributed by atoms with Gasteiger partial charge in [0.15, 0.2) is 5.82 Å². The lowest BCUT2D eigenvalue weighted by Crippen LogP contribution is -2.07. The number of ether oxygens (including phenoxy) is 1. The number of aryl methyl sites for hydroxylation is 2. The summed E-state index contributed by atoms with van der Waals surface area (Å²) < 4.78 is 7.69. The van der Waals surface area contributed by atoms with Crippen LogP contribution in [0.15, 0.2) is 12.4 Å². The average Bonchev–Trinajstić information content (AvgIpc) is 3.22. The fourth-order valence-electron chi connectivity index (χ4n) is 3.49. The van der Waals surface area contributed by atoms with E-state index in [1.54, 1.807) is 0 Å². The third-order valence-electron chi connectivity index (χ3n) is 4.55. The van der Waals surface area contributed by atoms with Gasteiger partial charge in [0.1, 0.15) is 0 Å². The second-order valence-corrected chi connectivity index (χ2v) is 6.24. The first-order chi connectivity index (χ1) is 12.3. The van der Waals surface area contributed by atoms with Crippen LogP contribution in [0.3, 0.4) is 0 Å². The highest BCUT2D eigenvalue weighted by Crippen LogP contribution is 2.41. The standard InChI is InChI=1S/C17H21N7O/c1-3-25-17-15(16-20-22-23-21-16)14(11-9-18-24(2)10-11)12-7-5-4-6-8-13(12)19-17/h9-10H,3-8H2,1-2H3,(H,20,21,22,23). The van der Waals surface area contributed by atoms with Gasteiger partial charge in [-0.15, -0.1) is 5.10 Å². The summed E-state index contributed by atoms with van der Waals surface area (Å²) in [6.45, 7) is 2.49. The van der Waals surface area contributed by atoms with Gasteiger partial charge in [0.25, 0.3) is 0 Å². The molecular weight excluding hydrogens is 318 g/mol. The minimum atomic E-state index is 0.535. The summed E-state index contributed by atoms with van der Waals surface area (Å²) in [7, 11) is 1.92. The van der Waals surface area contributed by atoms with Crippen molar-refractivity contribution in [2.75, 3.05) is 6.61 Å². The maximum atomic E-state index is 5.88. The van der Waals surface area contributed by atoms with Crippen molar-refractivity contribution in [1.29, 1.82) is 0 Å². The van der Waals surface area contributed by atoms with E-state index in [1.165, 1.54) is 12.0 Å². The third-order valence-corrected chi connectivity index (χ3v) is 4.55. The van der Waals surface area contributed by atoms with Crippen molar-refractivity contribution in [3.05, 3.63) is 23.7 Å². The number of rotatable bonds is 4. The predicted molar refractivity (Wildman–Crippen MR) is 92.0 cm³/mol. The number of hydrogen-bond donors (Lipinski definition) is 1. The summed E-state index contributed by atoms with van der Waals surface area (Å²) in [6.07, 6.45) is 9.38. The molecule has 1 N–H and O–H groups in total. The number of fused-ring (bicyclic) bond motifs is 1. The normalized spacial score (nSPS) is 14.2. The predicted octanol–water partition coefficient (Wildman–Crippen LogP) is 2.33. The fraction of sp³-hybridized carbons (Fsp3) is 0.471. The molecule has 4 rings (SSSR count). The van der Waals surface area contributed by atoms with Gasteiger partial charge in [-0.05, 0) is 48.6 Å². The summed E-state index contributed by atoms with van der Waals surface area (Å²) in [5, 5.41) is 18.9. The van der Waals surface area contributed by atoms with E-state index >= 15 is 0 Å². The Hall–Kier alpha value is -2.77. The number of hydrogen-bond acceptors (Lipinski definition) is 6. The van der Waals surface area contributed by atoms with Crippen LogP contribution in [0.2, 0.25) is 0 Å². The molecule has 0 spiro atoms. The number of tetrazole rings is 1. The Labute approximate surface area is 145 Å². The van der Waals surface area contributed by atoms with Crippen LogP contribution in [0.5, 0.6) is 5.88 Å². The average molecular weight is 339 g/mol. The Balaban J connectivity index is 2.04. The molecule has 0 saturated heterocycles. The van der Waals surface area contributed by atoms with Gasteiger partial charge in [-0.3, -0.25) is 4.68 Å². The van der Waals surface area contributed by atoms with Crippen LogP contribution >= 0.6 is 0 Å². The zero-order chi connectivity index (χ0) is 17.2. The molecule has 1 aliphatic rings. The number of H-pyrrole nitrogens is 1. The van der Waals surface area contributed by atoms with E-state index in [0.717, 1.165) is 48.1 Å². The van der Waals surface area contributed by atoms with E-state index in [9.17, 15) is 0 Å². The second kappa shape index (κ2) is 6.62. The highest BCUT2D eigenvalue weighted by atomic mass is 16.5. The van der Waals surface area contributed by atoms with Crippen molar-refractivity contribution in [2.24, 2.45) is 7.05 Å². The van der Waals surface area contributed by atoms with Crippen LogP contribution in [-0.2, 0) is 19.9 Å². The van der Waals surface area contributed by atoms with Crippen LogP contribution < -0.4 is 4.74 Å². The zero-order valence-corrected chi connectivity index (χ0v) is 14.5. The highest BCUT2D eigenvalue weighted by Gasteiger charge is 2.26. The van der Waals surface area contributed by atoms with Crippen molar-refractivity contribution in [3.8, 4) is 28.4 Å². The molecule has 0 saturated carbocycles. The molecular formula is C17H21N7O. The molecule has 0 atom stereocenters. The minimum absolute atomic E-state index is 0.535. The number of aromatic amines is 1. The lowest BCUT2D eigenvalue weighted by molar-refractivity contribution is 0.327. The molecule has 1 aliphatic carbocycles. The molecule has 0 aliphatic heterocycles. The van der Waals surface area contributed by atoms with Gasteiger partial charge < -0.3 is 4.74 Å². The molecule has 0 unspecified atom stereocenters. The SMILES string of the molecule is CCOc1nc2c(c(-c3cnn(C)c3)c1-c1nnn[nH]1)CCCCC2. The fourth-order valence-corrected chi connectivity index (χ4v) is 3.49. The summed E-state index contributed by atoms with van der Waals surface area (Å²) in [5.74, 6) is 1.16. The first-order valence-corrected chi connectivity index (χ1v) is 8.69. The molecule has 3 aromatic rings. The van der Waals surface area contributed by atoms with E-state index in [1.807, 2.05) is 31.0 Å². The molecule has 8 nitrogen and oxygen atoms in total. The molecule has 3 aromatic heterocycles. The van der Waals surface area contributed by atoms with Crippen molar-refractivity contribution < 1.29 is 4.74 Å². The molecule has 0 radical (unpaired) electrons. The van der Waals surface area contributed by atoms with Crippen LogP contribution in [-0.4, -0.2) is 42.0 Å². The van der Waals surface area contributed by atoms with Crippen LogP contribution in [0, 0.1) is 0 Å². The van der Waals surface area contributed by atoms with Crippen LogP contribution in [0.1, 0.15) is 37.4 Å². The summed E-state index contributed by atoms with van der Waals surface area (Å²) >= 11 is 0. The Bertz CT molecular complexity index is 870. The third kappa shape index (κ3) is 2.88. The van der Waals surface area contributed by atoms with E-state index in [4.69, 9.17) is 9.72 Å². The first-order valence-electron chi connectivity index (χ1n) is 8.69. The van der Waals surface area contributed by atoms with E-state index in [2.05, 4.69) is 25.7 Å². The van der Waals surface area contributed by atoms with Gasteiger partial charge in [-0.1, -0.05) is 6.42 Å². The van der Waals surface area contributed by atoms with Crippen molar-refractivity contribution in [1.82, 2.24) is 35.4 Å². The molecule has 130 valence electrons. The van der Waals surface area contributed by atoms with Gasteiger partial charge in [0.05, 0.1) is 18.4 Å². The summed E-state index contributed by atoms with van der Waals surface area (Å²) in [6, 6.07) is 0. The molecule has 8 heteroatoms. The Kier molecular flexibility index (Phi) is 4.17. The maximum absolute atomic E-state index is 5.88. The number of nitrogens with zero attached hydrogens (tertiary/aromatic N) is 6. The molecule has 3 heterocycles. The molecule has 0 fully saturated rings. The minimum Gasteiger partial charge on any atom is -0.477 e. The second-order valence-electron chi connectivity index (χ2n) is 6.24. The molecule has 0 bridgehead atoms. The van der Waals surface area contributed by atoms with E-state index < -0.39 is 0 Å². The summed E-state index contributed by atoms with van der Waals surface area (Å²) in [4.78, 5) is 4.85. The topological polar surface area (TPSA) is 94.4 Å². The van der Waals surface area contributed by atoms with Crippen LogP contribution in [0.25, 0.3) is 22.5 Å². The van der Waals surface area contributed by atoms with E-state index in [-0.39, 0.29) is 0 Å². The lowest BCUT2D eigenvalue weighted by atomic mass is 9.93. The molecule has 0 aromatic carbocycles.